The number of benzene rings is 4. The highest BCUT2D eigenvalue weighted by Gasteiger charge is 2.62. The molecule has 4 atom stereocenters. The summed E-state index contributed by atoms with van der Waals surface area (Å²) in [7, 11) is 1.43. The fourth-order valence-corrected chi connectivity index (χ4v) is 8.07. The number of methoxy groups -OCH3 is 1. The van der Waals surface area contributed by atoms with Gasteiger partial charge in [-0.2, -0.15) is 0 Å². The van der Waals surface area contributed by atoms with Gasteiger partial charge in [-0.25, -0.2) is 9.59 Å². The number of nitrogens with one attached hydrogen (secondary N) is 2. The number of carboxylic acids is 2. The van der Waals surface area contributed by atoms with Gasteiger partial charge in [0.2, 0.25) is 5.91 Å². The van der Waals surface area contributed by atoms with Crippen LogP contribution in [-0.4, -0.2) is 53.8 Å². The predicted octanol–water partition coefficient (Wildman–Crippen LogP) is 7.86. The minimum absolute atomic E-state index is 0.0405. The summed E-state index contributed by atoms with van der Waals surface area (Å²) < 4.78 is 5.49. The first kappa shape index (κ1) is 35.3. The average Bonchev–Trinajstić information content (AvgIpc) is 3.54. The van der Waals surface area contributed by atoms with Crippen LogP contribution in [0, 0.1) is 5.41 Å². The molecule has 0 saturated carbocycles. The number of aromatic carboxylic acids is 2. The molecule has 0 bridgehead atoms. The van der Waals surface area contributed by atoms with Crippen LogP contribution in [0.2, 0.25) is 10.0 Å². The van der Waals surface area contributed by atoms with Crippen LogP contribution in [-0.2, 0) is 16.8 Å². The molecular formula is C39H39Cl2N3O6. The maximum absolute atomic E-state index is 14.6. The van der Waals surface area contributed by atoms with Crippen LogP contribution in [0.25, 0.3) is 0 Å². The molecule has 260 valence electrons. The molecule has 0 aromatic heterocycles. The number of hydrogen-bond donors (Lipinski definition) is 4. The van der Waals surface area contributed by atoms with E-state index in [1.165, 1.54) is 25.3 Å². The minimum Gasteiger partial charge on any atom is -0.495 e. The lowest BCUT2D eigenvalue weighted by atomic mass is 9.63. The summed E-state index contributed by atoms with van der Waals surface area (Å²) in [6.07, 6.45) is 0.730. The zero-order valence-corrected chi connectivity index (χ0v) is 29.7. The van der Waals surface area contributed by atoms with Gasteiger partial charge >= 0.3 is 11.9 Å². The second-order valence-electron chi connectivity index (χ2n) is 14.3. The molecule has 1 fully saturated rings. The number of hydrogen-bond acceptors (Lipinski definition) is 6. The molecule has 6 rings (SSSR count). The molecule has 1 amide bonds. The van der Waals surface area contributed by atoms with Crippen LogP contribution in [0.4, 0.5) is 11.4 Å². The van der Waals surface area contributed by atoms with Gasteiger partial charge in [0.15, 0.2) is 0 Å². The monoisotopic (exact) mass is 715 g/mol. The summed E-state index contributed by atoms with van der Waals surface area (Å²) in [6, 6.07) is 23.8. The van der Waals surface area contributed by atoms with Crippen LogP contribution in [0.15, 0.2) is 84.9 Å². The van der Waals surface area contributed by atoms with Crippen LogP contribution in [0.3, 0.4) is 0 Å². The fourth-order valence-electron chi connectivity index (χ4n) is 7.71. The van der Waals surface area contributed by atoms with Crippen LogP contribution in [0.5, 0.6) is 5.75 Å². The Morgan fingerprint density at radius 3 is 2.24 bits per heavy atom. The smallest absolute Gasteiger partial charge is 0.335 e. The molecule has 2 aliphatic heterocycles. The van der Waals surface area contributed by atoms with E-state index in [4.69, 9.17) is 27.9 Å². The van der Waals surface area contributed by atoms with E-state index in [0.717, 1.165) is 28.8 Å². The lowest BCUT2D eigenvalue weighted by molar-refractivity contribution is -0.118. The second kappa shape index (κ2) is 13.6. The molecule has 4 N–H and O–H groups in total. The molecule has 0 radical (unpaired) electrons. The Labute approximate surface area is 301 Å². The summed E-state index contributed by atoms with van der Waals surface area (Å²) in [4.78, 5) is 40.0. The number of fused-ring (bicyclic) bond motifs is 2. The van der Waals surface area contributed by atoms with Crippen LogP contribution in [0.1, 0.15) is 70.5 Å². The van der Waals surface area contributed by atoms with E-state index in [1.807, 2.05) is 48.5 Å². The highest BCUT2D eigenvalue weighted by molar-refractivity contribution is 6.31. The quantitative estimate of drug-likeness (QED) is 0.138. The van der Waals surface area contributed by atoms with Gasteiger partial charge in [-0.1, -0.05) is 74.3 Å². The lowest BCUT2D eigenvalue weighted by Crippen LogP contribution is -2.48. The highest BCUT2D eigenvalue weighted by Crippen LogP contribution is 2.58. The van der Waals surface area contributed by atoms with Crippen molar-refractivity contribution in [1.29, 1.82) is 0 Å². The molecule has 4 aromatic rings. The molecule has 11 heteroatoms. The molecule has 2 aliphatic rings. The van der Waals surface area contributed by atoms with E-state index in [1.54, 1.807) is 12.1 Å². The molecule has 0 aliphatic carbocycles. The van der Waals surface area contributed by atoms with Gasteiger partial charge < -0.3 is 30.5 Å². The van der Waals surface area contributed by atoms with E-state index in [2.05, 4.69) is 42.4 Å². The van der Waals surface area contributed by atoms with Crippen molar-refractivity contribution in [2.24, 2.45) is 5.41 Å². The summed E-state index contributed by atoms with van der Waals surface area (Å²) >= 11 is 13.3. The molecule has 50 heavy (non-hydrogen) atoms. The van der Waals surface area contributed by atoms with Crippen molar-refractivity contribution in [2.75, 3.05) is 23.9 Å². The summed E-state index contributed by atoms with van der Waals surface area (Å²) in [6.45, 7) is 7.56. The number of carbonyl (C=O) groups is 3. The third kappa shape index (κ3) is 6.77. The number of ether oxygens (including phenoxy) is 1. The van der Waals surface area contributed by atoms with Crippen molar-refractivity contribution in [3.8, 4) is 5.75 Å². The zero-order chi connectivity index (χ0) is 36.0. The van der Waals surface area contributed by atoms with Crippen molar-refractivity contribution >= 4 is 52.4 Å². The van der Waals surface area contributed by atoms with Crippen LogP contribution >= 0.6 is 23.2 Å². The van der Waals surface area contributed by atoms with Crippen molar-refractivity contribution in [3.05, 3.63) is 123 Å². The maximum atomic E-state index is 14.6. The number of nitrogens with zero attached hydrogens (tertiary/aromatic N) is 1. The normalized spacial score (nSPS) is 21.2. The van der Waals surface area contributed by atoms with Crippen molar-refractivity contribution in [3.63, 3.8) is 0 Å². The number of carbonyl (C=O) groups excluding carboxylic acids is 1. The highest BCUT2D eigenvalue weighted by atomic mass is 35.5. The van der Waals surface area contributed by atoms with Gasteiger partial charge in [-0.05, 0) is 83.1 Å². The first-order valence-corrected chi connectivity index (χ1v) is 17.1. The van der Waals surface area contributed by atoms with E-state index in [0.29, 0.717) is 28.8 Å². The zero-order valence-electron chi connectivity index (χ0n) is 28.2. The standard InChI is InChI=1S/C39H39Cl2N3O6/c1-38(2,3)19-32-39(21-44(30-18-27(41)13-14-28(30)39)20-22-8-10-23(11-9-22)36(46)47)33(24-6-5-7-26(40)16-24)34(43-32)35(45)42-29-15-12-25(37(48)49)17-31(29)50-4/h5-18,32-34,43H,19-21H2,1-4H3,(H,42,45)(H,46,47)(H,48,49)/t32-,33-,34+,39-/m0/s1. The molecular weight excluding hydrogens is 677 g/mol. The topological polar surface area (TPSA) is 128 Å². The predicted molar refractivity (Wildman–Crippen MR) is 195 cm³/mol. The fraction of sp³-hybridized carbons (Fsp3) is 0.308. The lowest BCUT2D eigenvalue weighted by Gasteiger charge is -2.40. The Hall–Kier alpha value is -4.57. The number of rotatable bonds is 9. The Morgan fingerprint density at radius 1 is 0.920 bits per heavy atom. The van der Waals surface area contributed by atoms with Crippen molar-refractivity contribution < 1.29 is 29.3 Å². The van der Waals surface area contributed by atoms with Crippen LogP contribution < -0.4 is 20.3 Å². The minimum atomic E-state index is -1.10. The number of carboxylic acid groups (broad SMARTS) is 2. The summed E-state index contributed by atoms with van der Waals surface area (Å²) in [5, 5.41) is 26.9. The van der Waals surface area contributed by atoms with Gasteiger partial charge in [0, 0.05) is 46.2 Å². The third-order valence-electron chi connectivity index (χ3n) is 9.73. The van der Waals surface area contributed by atoms with Gasteiger partial charge in [0.05, 0.1) is 30.0 Å². The number of anilines is 2. The molecule has 1 spiro atoms. The third-order valence-corrected chi connectivity index (χ3v) is 10.2. The first-order valence-electron chi connectivity index (χ1n) is 16.3. The molecule has 4 aromatic carbocycles. The van der Waals surface area contributed by atoms with E-state index in [-0.39, 0.29) is 34.2 Å². The molecule has 0 unspecified atom stereocenters. The molecule has 1 saturated heterocycles. The SMILES string of the molecule is COc1cc(C(=O)O)ccc1NC(=O)[C@@H]1N[C@@H](CC(C)(C)C)[C@@]2(CN(Cc3ccc(C(=O)O)cc3)c3cc(Cl)ccc32)[C@H]1c1cccc(Cl)c1. The number of amides is 1. The van der Waals surface area contributed by atoms with Crippen molar-refractivity contribution in [1.82, 2.24) is 5.32 Å². The molecule has 2 heterocycles. The Balaban J connectivity index is 1.49. The van der Waals surface area contributed by atoms with Gasteiger partial charge in [0.25, 0.3) is 0 Å². The van der Waals surface area contributed by atoms with Gasteiger partial charge in [-0.15, -0.1) is 0 Å². The van der Waals surface area contributed by atoms with Gasteiger partial charge in [0.1, 0.15) is 5.75 Å². The summed E-state index contributed by atoms with van der Waals surface area (Å²) in [5.74, 6) is -2.56. The van der Waals surface area contributed by atoms with E-state index >= 15 is 0 Å². The average molecular weight is 717 g/mol. The van der Waals surface area contributed by atoms with E-state index < -0.39 is 29.3 Å². The van der Waals surface area contributed by atoms with E-state index in [9.17, 15) is 24.6 Å². The Kier molecular flexibility index (Phi) is 9.61. The number of halogens is 2. The Morgan fingerprint density at radius 2 is 1.60 bits per heavy atom. The molecule has 9 nitrogen and oxygen atoms in total. The second-order valence-corrected chi connectivity index (χ2v) is 15.1. The van der Waals surface area contributed by atoms with Crippen molar-refractivity contribution in [2.45, 2.75) is 57.2 Å². The Bertz CT molecular complexity index is 1960. The first-order chi connectivity index (χ1) is 23.7. The summed E-state index contributed by atoms with van der Waals surface area (Å²) in [5.41, 5.74) is 3.66. The largest absolute Gasteiger partial charge is 0.495 e. The maximum Gasteiger partial charge on any atom is 0.335 e. The van der Waals surface area contributed by atoms with Gasteiger partial charge in [-0.3, -0.25) is 4.79 Å².